The van der Waals surface area contributed by atoms with Crippen molar-refractivity contribution in [1.82, 2.24) is 36.6 Å². The van der Waals surface area contributed by atoms with Gasteiger partial charge >= 0.3 is 0 Å². The molecule has 2 heterocycles. The molecule has 0 spiro atoms. The van der Waals surface area contributed by atoms with Gasteiger partial charge in [-0.15, -0.1) is 11.3 Å². The van der Waals surface area contributed by atoms with Crippen molar-refractivity contribution in [1.29, 1.82) is 0 Å². The van der Waals surface area contributed by atoms with Crippen molar-refractivity contribution in [3.8, 4) is 16.2 Å². The van der Waals surface area contributed by atoms with E-state index >= 15 is 0 Å². The number of β-amino-alcohol motifs (C(OH)–C–C–N with tert-alkyl or cyclic N) is 1. The molecular formula is C47H55F4IN8O8S. The van der Waals surface area contributed by atoms with E-state index in [2.05, 4.69) is 37.0 Å². The van der Waals surface area contributed by atoms with E-state index in [-0.39, 0.29) is 56.8 Å². The number of nitrogens with one attached hydrogen (secondary N) is 6. The summed E-state index contributed by atoms with van der Waals surface area (Å²) >= 11 is 3.33. The van der Waals surface area contributed by atoms with Crippen LogP contribution in [0, 0.1) is 33.4 Å². The second kappa shape index (κ2) is 23.5. The van der Waals surface area contributed by atoms with Crippen LogP contribution in [0.1, 0.15) is 74.5 Å². The molecule has 22 heteroatoms. The number of hydrogen-bond acceptors (Lipinski definition) is 12. The fraction of sp³-hybridized carbons (Fsp3) is 0.447. The Morgan fingerprint density at radius 3 is 2.43 bits per heavy atom. The Morgan fingerprint density at radius 2 is 1.74 bits per heavy atom. The van der Waals surface area contributed by atoms with Crippen molar-refractivity contribution in [3.63, 3.8) is 0 Å². The molecule has 16 nitrogen and oxygen atoms in total. The molecule has 0 radical (unpaired) electrons. The quantitative estimate of drug-likeness (QED) is 0.0219. The van der Waals surface area contributed by atoms with Crippen LogP contribution >= 0.6 is 33.9 Å². The average molecular weight is 1090 g/mol. The summed E-state index contributed by atoms with van der Waals surface area (Å²) in [5, 5.41) is 24.4. The fourth-order valence-corrected chi connectivity index (χ4v) is 8.62. The number of carbonyl (C=O) groups is 5. The minimum atomic E-state index is -2.01. The molecule has 5 amide bonds. The van der Waals surface area contributed by atoms with Crippen molar-refractivity contribution in [2.45, 2.75) is 90.2 Å². The van der Waals surface area contributed by atoms with Gasteiger partial charge in [-0.05, 0) is 116 Å². The van der Waals surface area contributed by atoms with Gasteiger partial charge in [0.25, 0.3) is 17.7 Å². The summed E-state index contributed by atoms with van der Waals surface area (Å²) in [6.45, 7) is 7.89. The third kappa shape index (κ3) is 14.1. The number of thiazole rings is 1. The topological polar surface area (TPSA) is 212 Å². The standard InChI is InChI=1S/C47H55F4IN8O8S/c1-26-40(69-25-56-26)27-7-8-28(22-55-43(64)35-21-30(61)23-60(35)44(65)41(46(2,3)4)58-45(66)47(51)13-14-47)36(19-27)67-24-37(62)54-17-5-15-53-16-6-18-68-59-42(63)31-10-11-32(48)38(50)39(31)57-34-12-9-29(52)20-33(34)49/h7-12,19-20,25,30,35,41,53,57,61H,5-6,13-18,21-24H2,1-4H3,(H,54,62)(H,55,64)(H,58,66)(H,59,63)/t30?,35?,41-/m1/s1. The summed E-state index contributed by atoms with van der Waals surface area (Å²) in [7, 11) is 0. The highest BCUT2D eigenvalue weighted by molar-refractivity contribution is 14.1. The second-order valence-corrected chi connectivity index (χ2v) is 19.9. The first-order valence-corrected chi connectivity index (χ1v) is 24.2. The Bertz CT molecular complexity index is 2530. The third-order valence-corrected chi connectivity index (χ3v) is 13.0. The molecular weight excluding hydrogens is 1040 g/mol. The maximum Gasteiger partial charge on any atom is 0.277 e. The number of aliphatic hydroxyl groups is 1. The lowest BCUT2D eigenvalue weighted by atomic mass is 9.85. The lowest BCUT2D eigenvalue weighted by molar-refractivity contribution is -0.145. The molecule has 6 rings (SSSR count). The summed E-state index contributed by atoms with van der Waals surface area (Å²) in [4.78, 5) is 77.6. The average Bonchev–Trinajstić information content (AvgIpc) is 3.71. The fourth-order valence-electron chi connectivity index (χ4n) is 7.36. The molecule has 1 aliphatic carbocycles. The van der Waals surface area contributed by atoms with Crippen molar-refractivity contribution in [2.24, 2.45) is 5.41 Å². The number of aryl methyl sites for hydroxylation is 1. The molecule has 3 atom stereocenters. The molecule has 2 aliphatic rings. The Hall–Kier alpha value is -5.43. The highest BCUT2D eigenvalue weighted by atomic mass is 127. The van der Waals surface area contributed by atoms with Gasteiger partial charge in [0.2, 0.25) is 11.8 Å². The van der Waals surface area contributed by atoms with Gasteiger partial charge in [0.05, 0.1) is 45.7 Å². The largest absolute Gasteiger partial charge is 0.483 e. The van der Waals surface area contributed by atoms with E-state index in [0.717, 1.165) is 28.3 Å². The number of hydroxylamine groups is 1. The second-order valence-electron chi connectivity index (χ2n) is 17.8. The molecule has 2 fully saturated rings. The van der Waals surface area contributed by atoms with E-state index in [1.807, 2.05) is 35.6 Å². The molecule has 3 aromatic carbocycles. The number of amides is 5. The van der Waals surface area contributed by atoms with Crippen LogP contribution in [0.25, 0.3) is 10.4 Å². The number of nitrogens with zero attached hydrogens (tertiary/aromatic N) is 2. The third-order valence-electron chi connectivity index (χ3n) is 11.4. The SMILES string of the molecule is Cc1ncsc1-c1ccc(CNC(=O)C2CC(O)CN2C(=O)[C@@H](NC(=O)C2(F)CC2)C(C)(C)C)c(OCC(=O)NCCCNCCCONC(=O)c2ccc(F)c(F)c2Nc2ccc(I)cc2F)c1. The summed E-state index contributed by atoms with van der Waals surface area (Å²) < 4.78 is 64.4. The normalized spacial score (nSPS) is 16.6. The van der Waals surface area contributed by atoms with Gasteiger partial charge in [-0.1, -0.05) is 32.9 Å². The molecule has 69 heavy (non-hydrogen) atoms. The number of carbonyl (C=O) groups excluding carboxylic acids is 5. The van der Waals surface area contributed by atoms with Crippen LogP contribution in [0.2, 0.25) is 0 Å². The van der Waals surface area contributed by atoms with Gasteiger partial charge in [0.15, 0.2) is 23.9 Å². The molecule has 0 bridgehead atoms. The smallest absolute Gasteiger partial charge is 0.277 e. The molecule has 1 aromatic heterocycles. The van der Waals surface area contributed by atoms with Crippen LogP contribution in [0.4, 0.5) is 28.9 Å². The Labute approximate surface area is 414 Å². The number of benzene rings is 3. The number of halogens is 5. The molecule has 7 N–H and O–H groups in total. The van der Waals surface area contributed by atoms with Gasteiger partial charge in [0, 0.05) is 35.2 Å². The van der Waals surface area contributed by atoms with Gasteiger partial charge in [0.1, 0.15) is 23.7 Å². The first-order chi connectivity index (χ1) is 32.7. The number of ether oxygens (including phenoxy) is 1. The first kappa shape index (κ1) is 52.9. The van der Waals surface area contributed by atoms with E-state index in [4.69, 9.17) is 9.57 Å². The van der Waals surface area contributed by atoms with E-state index < -0.39 is 81.9 Å². The summed E-state index contributed by atoms with van der Waals surface area (Å²) in [6, 6.07) is 9.07. The van der Waals surface area contributed by atoms with E-state index in [0.29, 0.717) is 47.4 Å². The number of rotatable bonds is 22. The van der Waals surface area contributed by atoms with Gasteiger partial charge in [-0.3, -0.25) is 28.8 Å². The van der Waals surface area contributed by atoms with Gasteiger partial charge < -0.3 is 41.3 Å². The molecule has 1 saturated heterocycles. The Balaban J connectivity index is 0.940. The minimum absolute atomic E-state index is 0.0451. The maximum absolute atomic E-state index is 14.7. The van der Waals surface area contributed by atoms with Crippen molar-refractivity contribution in [3.05, 3.63) is 91.9 Å². The molecule has 4 aromatic rings. The number of aliphatic hydroxyl groups excluding tert-OH is 1. The summed E-state index contributed by atoms with van der Waals surface area (Å²) in [6.07, 6.45) is 0.110. The van der Waals surface area contributed by atoms with Crippen LogP contribution in [0.5, 0.6) is 5.75 Å². The van der Waals surface area contributed by atoms with E-state index in [1.165, 1.54) is 28.4 Å². The molecule has 1 saturated carbocycles. The van der Waals surface area contributed by atoms with Crippen LogP contribution in [0.15, 0.2) is 54.0 Å². The summed E-state index contributed by atoms with van der Waals surface area (Å²) in [5.74, 6) is -6.27. The minimum Gasteiger partial charge on any atom is -0.483 e. The predicted molar refractivity (Wildman–Crippen MR) is 258 cm³/mol. The Kier molecular flexibility index (Phi) is 18.0. The molecule has 2 unspecified atom stereocenters. The maximum atomic E-state index is 14.7. The number of anilines is 2. The predicted octanol–water partition coefficient (Wildman–Crippen LogP) is 5.72. The zero-order valence-corrected chi connectivity index (χ0v) is 41.4. The van der Waals surface area contributed by atoms with Crippen LogP contribution in [0.3, 0.4) is 0 Å². The number of aromatic nitrogens is 1. The van der Waals surface area contributed by atoms with E-state index in [9.17, 15) is 46.6 Å². The Morgan fingerprint density at radius 1 is 0.986 bits per heavy atom. The number of hydrogen-bond donors (Lipinski definition) is 7. The first-order valence-electron chi connectivity index (χ1n) is 22.3. The highest BCUT2D eigenvalue weighted by Gasteiger charge is 2.53. The zero-order valence-electron chi connectivity index (χ0n) is 38.4. The lowest BCUT2D eigenvalue weighted by Gasteiger charge is -2.35. The van der Waals surface area contributed by atoms with Gasteiger partial charge in [-0.2, -0.15) is 0 Å². The monoisotopic (exact) mass is 1090 g/mol. The van der Waals surface area contributed by atoms with Crippen molar-refractivity contribution < 1.29 is 56.2 Å². The zero-order chi connectivity index (χ0) is 50.0. The number of likely N-dealkylation sites (tertiary alicyclic amines) is 1. The number of alkyl halides is 1. The highest BCUT2D eigenvalue weighted by Crippen LogP contribution is 2.41. The van der Waals surface area contributed by atoms with Crippen LogP contribution in [-0.2, 0) is 30.6 Å². The van der Waals surface area contributed by atoms with Crippen molar-refractivity contribution >= 4 is 74.8 Å². The van der Waals surface area contributed by atoms with Crippen LogP contribution in [-0.4, -0.2) is 108 Å². The van der Waals surface area contributed by atoms with Crippen LogP contribution < -0.4 is 36.8 Å². The summed E-state index contributed by atoms with van der Waals surface area (Å²) in [5.41, 5.74) is 2.18. The molecule has 372 valence electrons. The lowest BCUT2D eigenvalue weighted by Crippen LogP contribution is -2.59. The van der Waals surface area contributed by atoms with E-state index in [1.54, 1.807) is 44.5 Å². The van der Waals surface area contributed by atoms with Crippen molar-refractivity contribution in [2.75, 3.05) is 44.7 Å². The van der Waals surface area contributed by atoms with Gasteiger partial charge in [-0.25, -0.2) is 28.0 Å². The molecule has 1 aliphatic heterocycles.